The molecule has 1 aromatic heterocycles. The lowest BCUT2D eigenvalue weighted by Crippen LogP contribution is -2.20. The van der Waals surface area contributed by atoms with Crippen molar-refractivity contribution in [1.82, 2.24) is 4.98 Å². The van der Waals surface area contributed by atoms with Gasteiger partial charge in [0.25, 0.3) is 5.91 Å². The Hall–Kier alpha value is -2.97. The topological polar surface area (TPSA) is 69.7 Å². The number of hydrogen-bond donors (Lipinski definition) is 1. The summed E-state index contributed by atoms with van der Waals surface area (Å²) in [7, 11) is 0. The van der Waals surface area contributed by atoms with Crippen LogP contribution >= 0.6 is 0 Å². The third-order valence-corrected chi connectivity index (χ3v) is 3.18. The largest absolute Gasteiger partial charge is 0.486 e. The molecule has 0 unspecified atom stereocenters. The first-order valence-electron chi connectivity index (χ1n) is 7.27. The molecule has 1 aliphatic heterocycles. The fourth-order valence-electron chi connectivity index (χ4n) is 2.08. The Bertz CT molecular complexity index is 763. The van der Waals surface area contributed by atoms with Crippen LogP contribution in [0, 0.1) is 0 Å². The van der Waals surface area contributed by atoms with Gasteiger partial charge < -0.3 is 19.5 Å². The van der Waals surface area contributed by atoms with E-state index in [0.717, 1.165) is 6.20 Å². The molecule has 6 nitrogen and oxygen atoms in total. The maximum absolute atomic E-state index is 12.2. The quantitative estimate of drug-likeness (QED) is 0.914. The summed E-state index contributed by atoms with van der Waals surface area (Å²) in [5.41, 5.74) is 0.667. The summed E-state index contributed by atoms with van der Waals surface area (Å²) in [6, 6.07) is 7.48. The molecular weight excluding hydrogens is 341 g/mol. The van der Waals surface area contributed by atoms with Crippen LogP contribution in [-0.4, -0.2) is 36.9 Å². The van der Waals surface area contributed by atoms with Crippen LogP contribution in [0.1, 0.15) is 10.4 Å². The fraction of sp³-hybridized carbons (Fsp3) is 0.250. The second kappa shape index (κ2) is 6.88. The maximum atomic E-state index is 12.2. The lowest BCUT2D eigenvalue weighted by molar-refractivity contribution is -0.154. The molecule has 0 fully saturated rings. The van der Waals surface area contributed by atoms with Gasteiger partial charge in [0, 0.05) is 24.0 Å². The molecule has 0 atom stereocenters. The standard InChI is InChI=1S/C16H13F3N2O4/c17-16(18,19)9-25-14-4-1-10(8-20-14)15(22)21-11-2-3-12-13(7-11)24-6-5-23-12/h1-4,7-8H,5-6,9H2,(H,21,22). The predicted molar refractivity (Wildman–Crippen MR) is 81.2 cm³/mol. The van der Waals surface area contributed by atoms with Crippen molar-refractivity contribution < 1.29 is 32.2 Å². The molecule has 0 saturated carbocycles. The summed E-state index contributed by atoms with van der Waals surface area (Å²) in [6.07, 6.45) is -3.31. The second-order valence-electron chi connectivity index (χ2n) is 5.10. The van der Waals surface area contributed by atoms with E-state index < -0.39 is 18.7 Å². The van der Waals surface area contributed by atoms with Gasteiger partial charge in [-0.05, 0) is 18.2 Å². The number of ether oxygens (including phenoxy) is 3. The lowest BCUT2D eigenvalue weighted by atomic mass is 10.2. The van der Waals surface area contributed by atoms with E-state index in [-0.39, 0.29) is 11.4 Å². The Kier molecular flexibility index (Phi) is 4.64. The number of aromatic nitrogens is 1. The number of fused-ring (bicyclic) bond motifs is 1. The second-order valence-corrected chi connectivity index (χ2v) is 5.10. The zero-order valence-corrected chi connectivity index (χ0v) is 12.8. The van der Waals surface area contributed by atoms with Gasteiger partial charge in [0.2, 0.25) is 5.88 Å². The minimum absolute atomic E-state index is 0.175. The third kappa shape index (κ3) is 4.52. The number of halogens is 3. The highest BCUT2D eigenvalue weighted by Crippen LogP contribution is 2.32. The lowest BCUT2D eigenvalue weighted by Gasteiger charge is -2.19. The molecule has 25 heavy (non-hydrogen) atoms. The average molecular weight is 354 g/mol. The first-order chi connectivity index (χ1) is 11.9. The van der Waals surface area contributed by atoms with Crippen molar-refractivity contribution in [2.24, 2.45) is 0 Å². The number of benzene rings is 1. The Morgan fingerprint density at radius 1 is 1.16 bits per heavy atom. The van der Waals surface area contributed by atoms with Gasteiger partial charge in [0.05, 0.1) is 5.56 Å². The van der Waals surface area contributed by atoms with Crippen LogP contribution < -0.4 is 19.5 Å². The SMILES string of the molecule is O=C(Nc1ccc2c(c1)OCCO2)c1ccc(OCC(F)(F)F)nc1. The third-order valence-electron chi connectivity index (χ3n) is 3.18. The van der Waals surface area contributed by atoms with Crippen LogP contribution in [0.4, 0.5) is 18.9 Å². The molecule has 132 valence electrons. The molecule has 0 spiro atoms. The highest BCUT2D eigenvalue weighted by molar-refractivity contribution is 6.04. The van der Waals surface area contributed by atoms with E-state index in [4.69, 9.17) is 9.47 Å². The number of alkyl halides is 3. The van der Waals surface area contributed by atoms with Crippen LogP contribution in [0.25, 0.3) is 0 Å². The molecule has 1 aliphatic rings. The smallest absolute Gasteiger partial charge is 0.422 e. The zero-order valence-electron chi connectivity index (χ0n) is 12.8. The number of carbonyl (C=O) groups excluding carboxylic acids is 1. The molecule has 1 amide bonds. The van der Waals surface area contributed by atoms with Gasteiger partial charge in [0.1, 0.15) is 13.2 Å². The molecule has 2 heterocycles. The van der Waals surface area contributed by atoms with Crippen molar-refractivity contribution in [3.8, 4) is 17.4 Å². The van der Waals surface area contributed by atoms with Gasteiger partial charge >= 0.3 is 6.18 Å². The number of nitrogens with zero attached hydrogens (tertiary/aromatic N) is 1. The molecule has 1 N–H and O–H groups in total. The van der Waals surface area contributed by atoms with Crippen molar-refractivity contribution in [3.63, 3.8) is 0 Å². The number of hydrogen-bond acceptors (Lipinski definition) is 5. The van der Waals surface area contributed by atoms with E-state index in [1.165, 1.54) is 12.1 Å². The van der Waals surface area contributed by atoms with Gasteiger partial charge in [-0.15, -0.1) is 0 Å². The van der Waals surface area contributed by atoms with Crippen LogP contribution in [-0.2, 0) is 0 Å². The van der Waals surface area contributed by atoms with Crippen molar-refractivity contribution in [3.05, 3.63) is 42.1 Å². The van der Waals surface area contributed by atoms with E-state index in [1.807, 2.05) is 0 Å². The van der Waals surface area contributed by atoms with Gasteiger partial charge in [-0.3, -0.25) is 4.79 Å². The molecule has 0 radical (unpaired) electrons. The maximum Gasteiger partial charge on any atom is 0.422 e. The Balaban J connectivity index is 1.63. The number of carbonyl (C=O) groups is 1. The molecular formula is C16H13F3N2O4. The molecule has 2 aromatic rings. The molecule has 0 aliphatic carbocycles. The van der Waals surface area contributed by atoms with Gasteiger partial charge in [-0.1, -0.05) is 0 Å². The van der Waals surface area contributed by atoms with Crippen LogP contribution in [0.5, 0.6) is 17.4 Å². The number of anilines is 1. The Labute approximate surface area is 140 Å². The minimum Gasteiger partial charge on any atom is -0.486 e. The minimum atomic E-state index is -4.45. The highest BCUT2D eigenvalue weighted by Gasteiger charge is 2.28. The van der Waals surface area contributed by atoms with E-state index >= 15 is 0 Å². The highest BCUT2D eigenvalue weighted by atomic mass is 19.4. The first-order valence-corrected chi connectivity index (χ1v) is 7.27. The normalized spacial score (nSPS) is 13.2. The number of rotatable bonds is 4. The molecule has 1 aromatic carbocycles. The summed E-state index contributed by atoms with van der Waals surface area (Å²) < 4.78 is 51.5. The monoisotopic (exact) mass is 354 g/mol. The zero-order chi connectivity index (χ0) is 17.9. The Morgan fingerprint density at radius 2 is 1.92 bits per heavy atom. The number of nitrogens with one attached hydrogen (secondary N) is 1. The van der Waals surface area contributed by atoms with Crippen molar-refractivity contribution in [2.45, 2.75) is 6.18 Å². The van der Waals surface area contributed by atoms with Gasteiger partial charge in [0.15, 0.2) is 18.1 Å². The van der Waals surface area contributed by atoms with E-state index in [0.29, 0.717) is 30.4 Å². The summed E-state index contributed by atoms with van der Waals surface area (Å²) in [4.78, 5) is 15.9. The van der Waals surface area contributed by atoms with Crippen LogP contribution in [0.2, 0.25) is 0 Å². The van der Waals surface area contributed by atoms with Gasteiger partial charge in [-0.25, -0.2) is 4.98 Å². The van der Waals surface area contributed by atoms with E-state index in [1.54, 1.807) is 18.2 Å². The predicted octanol–water partition coefficient (Wildman–Crippen LogP) is 3.05. The first kappa shape index (κ1) is 16.9. The van der Waals surface area contributed by atoms with Crippen molar-refractivity contribution in [1.29, 1.82) is 0 Å². The number of amides is 1. The van der Waals surface area contributed by atoms with Gasteiger partial charge in [-0.2, -0.15) is 13.2 Å². The molecule has 9 heteroatoms. The summed E-state index contributed by atoms with van der Waals surface area (Å²) in [5.74, 6) is 0.440. The Morgan fingerprint density at radius 3 is 2.60 bits per heavy atom. The summed E-state index contributed by atoms with van der Waals surface area (Å²) in [6.45, 7) is -0.552. The number of pyridine rings is 1. The molecule has 0 bridgehead atoms. The van der Waals surface area contributed by atoms with Crippen LogP contribution in [0.3, 0.4) is 0 Å². The fourth-order valence-corrected chi connectivity index (χ4v) is 2.08. The summed E-state index contributed by atoms with van der Waals surface area (Å²) >= 11 is 0. The van der Waals surface area contributed by atoms with Crippen molar-refractivity contribution >= 4 is 11.6 Å². The summed E-state index contributed by atoms with van der Waals surface area (Å²) in [5, 5.41) is 2.65. The molecule has 3 rings (SSSR count). The van der Waals surface area contributed by atoms with Crippen LogP contribution in [0.15, 0.2) is 36.5 Å². The molecule has 0 saturated heterocycles. The van der Waals surface area contributed by atoms with Crippen molar-refractivity contribution in [2.75, 3.05) is 25.1 Å². The van der Waals surface area contributed by atoms with E-state index in [2.05, 4.69) is 15.0 Å². The van der Waals surface area contributed by atoms with E-state index in [9.17, 15) is 18.0 Å². The average Bonchev–Trinajstić information content (AvgIpc) is 2.59.